The van der Waals surface area contributed by atoms with E-state index >= 15 is 0 Å². The van der Waals surface area contributed by atoms with Crippen molar-refractivity contribution in [1.82, 2.24) is 5.32 Å². The maximum atomic E-state index is 11.2. The Hall–Kier alpha value is -1.56. The molecule has 0 unspecified atom stereocenters. The molecular formula is C10H14N2O3S. The van der Waals surface area contributed by atoms with Gasteiger partial charge >= 0.3 is 0 Å². The van der Waals surface area contributed by atoms with Gasteiger partial charge in [0.1, 0.15) is 0 Å². The molecular weight excluding hydrogens is 228 g/mol. The van der Waals surface area contributed by atoms with Gasteiger partial charge in [0.15, 0.2) is 0 Å². The van der Waals surface area contributed by atoms with E-state index in [1.807, 2.05) is 0 Å². The van der Waals surface area contributed by atoms with Gasteiger partial charge in [0, 0.05) is 7.05 Å². The number of likely N-dealkylation sites (N-methyl/N-ethyl adjacent to an activating group) is 1. The Morgan fingerprint density at radius 2 is 1.94 bits per heavy atom. The van der Waals surface area contributed by atoms with Gasteiger partial charge in [-0.3, -0.25) is 9.52 Å². The van der Waals surface area contributed by atoms with Gasteiger partial charge in [-0.15, -0.1) is 0 Å². The molecule has 1 amide bonds. The molecule has 1 aromatic carbocycles. The lowest BCUT2D eigenvalue weighted by Gasteiger charge is -2.09. The second-order valence-electron chi connectivity index (χ2n) is 3.38. The molecule has 0 saturated carbocycles. The maximum Gasteiger partial charge on any atom is 0.229 e. The summed E-state index contributed by atoms with van der Waals surface area (Å²) in [6.45, 7) is 0. The molecule has 88 valence electrons. The Kier molecular flexibility index (Phi) is 3.89. The zero-order valence-corrected chi connectivity index (χ0v) is 9.97. The van der Waals surface area contributed by atoms with Crippen LogP contribution in [-0.2, 0) is 21.2 Å². The van der Waals surface area contributed by atoms with Gasteiger partial charge < -0.3 is 5.32 Å². The number of hydrogen-bond acceptors (Lipinski definition) is 3. The number of nitrogens with one attached hydrogen (secondary N) is 2. The second-order valence-corrected chi connectivity index (χ2v) is 5.13. The van der Waals surface area contributed by atoms with Crippen LogP contribution in [0.4, 0.5) is 5.69 Å². The van der Waals surface area contributed by atoms with E-state index in [1.165, 1.54) is 7.05 Å². The second kappa shape index (κ2) is 4.98. The Bertz CT molecular complexity index is 483. The Morgan fingerprint density at radius 1 is 1.31 bits per heavy atom. The smallest absolute Gasteiger partial charge is 0.229 e. The third-order valence-corrected chi connectivity index (χ3v) is 2.53. The molecule has 0 fully saturated rings. The number of carbonyl (C=O) groups excluding carboxylic acids is 1. The van der Waals surface area contributed by atoms with Gasteiger partial charge in [-0.2, -0.15) is 0 Å². The summed E-state index contributed by atoms with van der Waals surface area (Å²) < 4.78 is 24.6. The number of para-hydroxylation sites is 1. The molecule has 0 aromatic heterocycles. The predicted octanol–water partition coefficient (Wildman–Crippen LogP) is 0.347. The Balaban J connectivity index is 2.96. The largest absolute Gasteiger partial charge is 0.359 e. The summed E-state index contributed by atoms with van der Waals surface area (Å²) in [6.07, 6.45) is 1.22. The monoisotopic (exact) mass is 242 g/mol. The van der Waals surface area contributed by atoms with Gasteiger partial charge in [-0.05, 0) is 11.6 Å². The number of amides is 1. The third kappa shape index (κ3) is 3.90. The van der Waals surface area contributed by atoms with E-state index in [1.54, 1.807) is 24.3 Å². The van der Waals surface area contributed by atoms with E-state index in [0.29, 0.717) is 11.3 Å². The van der Waals surface area contributed by atoms with Gasteiger partial charge in [0.2, 0.25) is 15.9 Å². The topological polar surface area (TPSA) is 75.3 Å². The van der Waals surface area contributed by atoms with Crippen molar-refractivity contribution in [1.29, 1.82) is 0 Å². The minimum atomic E-state index is -3.32. The number of anilines is 1. The lowest BCUT2D eigenvalue weighted by molar-refractivity contribution is -0.119. The highest BCUT2D eigenvalue weighted by molar-refractivity contribution is 7.92. The molecule has 0 heterocycles. The summed E-state index contributed by atoms with van der Waals surface area (Å²) in [5.74, 6) is -0.164. The van der Waals surface area contributed by atoms with Gasteiger partial charge in [0.25, 0.3) is 0 Å². The summed E-state index contributed by atoms with van der Waals surface area (Å²) in [7, 11) is -1.79. The highest BCUT2D eigenvalue weighted by Gasteiger charge is 2.09. The van der Waals surface area contributed by atoms with E-state index in [4.69, 9.17) is 0 Å². The van der Waals surface area contributed by atoms with Crippen LogP contribution in [0.25, 0.3) is 0 Å². The Labute approximate surface area is 94.9 Å². The van der Waals surface area contributed by atoms with Crippen molar-refractivity contribution in [3.8, 4) is 0 Å². The molecule has 6 heteroatoms. The third-order valence-electron chi connectivity index (χ3n) is 1.94. The molecule has 0 saturated heterocycles. The fraction of sp³-hybridized carbons (Fsp3) is 0.300. The Morgan fingerprint density at radius 3 is 2.50 bits per heavy atom. The number of rotatable bonds is 4. The van der Waals surface area contributed by atoms with Crippen LogP contribution in [-0.4, -0.2) is 27.6 Å². The molecule has 0 aliphatic rings. The van der Waals surface area contributed by atoms with Gasteiger partial charge in [-0.1, -0.05) is 18.2 Å². The first-order valence-corrected chi connectivity index (χ1v) is 6.58. The molecule has 1 rings (SSSR count). The molecule has 0 aliphatic heterocycles. The molecule has 0 atom stereocenters. The highest BCUT2D eigenvalue weighted by Crippen LogP contribution is 2.16. The molecule has 1 aromatic rings. The number of carbonyl (C=O) groups is 1. The van der Waals surface area contributed by atoms with Crippen LogP contribution < -0.4 is 10.0 Å². The van der Waals surface area contributed by atoms with Crippen LogP contribution in [0, 0.1) is 0 Å². The molecule has 0 bridgehead atoms. The van der Waals surface area contributed by atoms with Crippen molar-refractivity contribution in [2.45, 2.75) is 6.42 Å². The summed E-state index contributed by atoms with van der Waals surface area (Å²) >= 11 is 0. The minimum absolute atomic E-state index is 0.148. The first-order chi connectivity index (χ1) is 7.42. The van der Waals surface area contributed by atoms with Crippen LogP contribution >= 0.6 is 0 Å². The van der Waals surface area contributed by atoms with Gasteiger partial charge in [-0.25, -0.2) is 8.42 Å². The lowest BCUT2D eigenvalue weighted by Crippen LogP contribution is -2.21. The SMILES string of the molecule is CNC(=O)Cc1ccccc1NS(C)(=O)=O. The van der Waals surface area contributed by atoms with Gasteiger partial charge in [0.05, 0.1) is 18.4 Å². The molecule has 0 radical (unpaired) electrons. The van der Waals surface area contributed by atoms with Crippen molar-refractivity contribution in [3.63, 3.8) is 0 Å². The van der Waals surface area contributed by atoms with E-state index in [0.717, 1.165) is 6.26 Å². The zero-order chi connectivity index (χ0) is 12.2. The molecule has 0 spiro atoms. The van der Waals surface area contributed by atoms with Crippen LogP contribution in [0.5, 0.6) is 0 Å². The van der Waals surface area contributed by atoms with Crippen molar-refractivity contribution >= 4 is 21.6 Å². The van der Waals surface area contributed by atoms with E-state index in [9.17, 15) is 13.2 Å². The van der Waals surface area contributed by atoms with Crippen LogP contribution in [0.15, 0.2) is 24.3 Å². The standard InChI is InChI=1S/C10H14N2O3S/c1-11-10(13)7-8-5-3-4-6-9(8)12-16(2,14)15/h3-6,12H,7H2,1-2H3,(H,11,13). The normalized spacial score (nSPS) is 10.9. The highest BCUT2D eigenvalue weighted by atomic mass is 32.2. The average Bonchev–Trinajstić information content (AvgIpc) is 2.18. The van der Waals surface area contributed by atoms with Crippen molar-refractivity contribution in [2.75, 3.05) is 18.0 Å². The summed E-state index contributed by atoms with van der Waals surface area (Å²) in [4.78, 5) is 11.2. The maximum absolute atomic E-state index is 11.2. The fourth-order valence-corrected chi connectivity index (χ4v) is 1.83. The summed E-state index contributed by atoms with van der Waals surface area (Å²) in [5.41, 5.74) is 1.08. The number of benzene rings is 1. The number of hydrogen-bond donors (Lipinski definition) is 2. The summed E-state index contributed by atoms with van der Waals surface area (Å²) in [6, 6.07) is 6.80. The zero-order valence-electron chi connectivity index (χ0n) is 9.15. The van der Waals surface area contributed by atoms with Crippen LogP contribution in [0.2, 0.25) is 0 Å². The molecule has 5 nitrogen and oxygen atoms in total. The first-order valence-electron chi connectivity index (χ1n) is 4.68. The average molecular weight is 242 g/mol. The molecule has 0 aliphatic carbocycles. The molecule has 16 heavy (non-hydrogen) atoms. The summed E-state index contributed by atoms with van der Waals surface area (Å²) in [5, 5.41) is 2.49. The van der Waals surface area contributed by atoms with E-state index in [2.05, 4.69) is 10.0 Å². The quantitative estimate of drug-likeness (QED) is 0.799. The van der Waals surface area contributed by atoms with Crippen molar-refractivity contribution in [2.24, 2.45) is 0 Å². The molecule has 2 N–H and O–H groups in total. The first kappa shape index (κ1) is 12.5. The van der Waals surface area contributed by atoms with Crippen LogP contribution in [0.1, 0.15) is 5.56 Å². The van der Waals surface area contributed by atoms with E-state index < -0.39 is 10.0 Å². The van der Waals surface area contributed by atoms with E-state index in [-0.39, 0.29) is 12.3 Å². The number of sulfonamides is 1. The minimum Gasteiger partial charge on any atom is -0.359 e. The fourth-order valence-electron chi connectivity index (χ4n) is 1.24. The van der Waals surface area contributed by atoms with Crippen molar-refractivity contribution < 1.29 is 13.2 Å². The lowest BCUT2D eigenvalue weighted by atomic mass is 10.1. The van der Waals surface area contributed by atoms with Crippen molar-refractivity contribution in [3.05, 3.63) is 29.8 Å². The van der Waals surface area contributed by atoms with Crippen LogP contribution in [0.3, 0.4) is 0 Å². The predicted molar refractivity (Wildman–Crippen MR) is 62.7 cm³/mol.